The second-order valence-electron chi connectivity index (χ2n) is 15.2. The molecule has 12 nitrogen and oxygen atoms in total. The van der Waals surface area contributed by atoms with Crippen LogP contribution >= 0.6 is 0 Å². The first-order valence-corrected chi connectivity index (χ1v) is 18.8. The van der Waals surface area contributed by atoms with E-state index >= 15 is 0 Å². The number of amides is 3. The van der Waals surface area contributed by atoms with Crippen molar-refractivity contribution < 1.29 is 14.4 Å². The summed E-state index contributed by atoms with van der Waals surface area (Å²) in [5, 5.41) is 8.85. The normalized spacial score (nSPS) is 21.8. The maximum atomic E-state index is 12.7. The zero-order chi connectivity index (χ0) is 35.2. The van der Waals surface area contributed by atoms with Gasteiger partial charge in [-0.2, -0.15) is 0 Å². The molecule has 1 unspecified atom stereocenters. The number of imide groups is 1. The van der Waals surface area contributed by atoms with Crippen LogP contribution < -0.4 is 25.8 Å². The van der Waals surface area contributed by atoms with E-state index in [4.69, 9.17) is 4.98 Å². The highest BCUT2D eigenvalue weighted by Crippen LogP contribution is 2.44. The van der Waals surface area contributed by atoms with Crippen molar-refractivity contribution in [3.63, 3.8) is 0 Å². The fourth-order valence-electron chi connectivity index (χ4n) is 8.85. The van der Waals surface area contributed by atoms with Crippen molar-refractivity contribution in [3.05, 3.63) is 78.1 Å². The van der Waals surface area contributed by atoms with Crippen molar-refractivity contribution in [2.24, 2.45) is 5.92 Å². The monoisotopic (exact) mass is 699 g/mol. The zero-order valence-electron chi connectivity index (χ0n) is 29.4. The predicted molar refractivity (Wildman–Crippen MR) is 200 cm³/mol. The lowest BCUT2D eigenvalue weighted by Gasteiger charge is -2.45. The molecule has 4 N–H and O–H groups in total. The van der Waals surface area contributed by atoms with Crippen LogP contribution in [0.1, 0.15) is 54.6 Å². The number of anilines is 3. The first-order valence-electron chi connectivity index (χ1n) is 18.8. The standard InChI is InChI=1S/C40H45N9O3/c50-35-11-10-33(39(52)46-35)43-28-4-3-5-30(20-28)49-23-26(24-49)22-47-16-18-48(19-17-47)29-8-6-27(7-9-29)37-41-15-12-32(45-37)34-21-31-36(44-34)40(13-1-2-14-40)25-42-38(31)51/h3-9,12,15,20-21,26,33,43-44H,1-2,10-11,13-14,16-19,22-25H2,(H,42,51)(H,46,50,52). The van der Waals surface area contributed by atoms with Gasteiger partial charge < -0.3 is 25.4 Å². The summed E-state index contributed by atoms with van der Waals surface area (Å²) in [6.45, 7) is 7.90. The molecule has 1 aliphatic carbocycles. The molecule has 6 heterocycles. The number of carbonyl (C=O) groups is 3. The molecule has 2 aromatic carbocycles. The average molecular weight is 700 g/mol. The van der Waals surface area contributed by atoms with Gasteiger partial charge >= 0.3 is 0 Å². The summed E-state index contributed by atoms with van der Waals surface area (Å²) in [6, 6.07) is 20.3. The van der Waals surface area contributed by atoms with E-state index in [1.165, 1.54) is 18.5 Å². The number of piperazine rings is 1. The van der Waals surface area contributed by atoms with Crippen molar-refractivity contribution in [1.82, 2.24) is 30.5 Å². The van der Waals surface area contributed by atoms with E-state index in [9.17, 15) is 14.4 Å². The SMILES string of the molecule is O=C1CCC(Nc2cccc(N3CC(CN4CCN(c5ccc(-c6nccc(-c7cc8c([nH]7)C7(CCCC7)CNC8=O)n6)cc5)CC4)C3)c2)C(=O)N1. The zero-order valence-corrected chi connectivity index (χ0v) is 29.4. The van der Waals surface area contributed by atoms with Crippen LogP contribution in [0.4, 0.5) is 17.1 Å². The molecule has 4 fully saturated rings. The van der Waals surface area contributed by atoms with E-state index in [2.05, 4.69) is 77.0 Å². The fourth-order valence-corrected chi connectivity index (χ4v) is 8.85. The summed E-state index contributed by atoms with van der Waals surface area (Å²) < 4.78 is 0. The second kappa shape index (κ2) is 13.4. The van der Waals surface area contributed by atoms with Gasteiger partial charge in [0.25, 0.3) is 5.91 Å². The molecule has 1 saturated carbocycles. The van der Waals surface area contributed by atoms with Gasteiger partial charge in [-0.05, 0) is 73.9 Å². The lowest BCUT2D eigenvalue weighted by atomic mass is 9.78. The van der Waals surface area contributed by atoms with Crippen molar-refractivity contribution in [2.45, 2.75) is 50.0 Å². The molecule has 3 saturated heterocycles. The number of fused-ring (bicyclic) bond motifs is 2. The molecule has 3 amide bonds. The molecule has 12 heteroatoms. The molecule has 9 rings (SSSR count). The van der Waals surface area contributed by atoms with Crippen LogP contribution in [0.2, 0.25) is 0 Å². The van der Waals surface area contributed by atoms with Gasteiger partial charge in [-0.25, -0.2) is 9.97 Å². The third-order valence-corrected chi connectivity index (χ3v) is 11.8. The van der Waals surface area contributed by atoms with Gasteiger partial charge in [-0.15, -0.1) is 0 Å². The van der Waals surface area contributed by atoms with Gasteiger partial charge in [0.05, 0.1) is 17.0 Å². The molecule has 1 spiro atoms. The molecule has 268 valence electrons. The molecule has 2 aromatic heterocycles. The number of aromatic amines is 1. The molecular weight excluding hydrogens is 655 g/mol. The average Bonchev–Trinajstić information content (AvgIpc) is 3.83. The third-order valence-electron chi connectivity index (χ3n) is 11.8. The minimum atomic E-state index is -0.377. The van der Waals surface area contributed by atoms with E-state index in [0.29, 0.717) is 31.1 Å². The molecule has 4 aromatic rings. The number of hydrogen-bond donors (Lipinski definition) is 4. The van der Waals surface area contributed by atoms with E-state index in [1.54, 1.807) is 6.20 Å². The number of aromatic nitrogens is 3. The van der Waals surface area contributed by atoms with Crippen molar-refractivity contribution in [1.29, 1.82) is 0 Å². The summed E-state index contributed by atoms with van der Waals surface area (Å²) in [5.74, 6) is 0.852. The number of rotatable bonds is 8. The number of piperidine rings is 1. The summed E-state index contributed by atoms with van der Waals surface area (Å²) in [4.78, 5) is 57.0. The van der Waals surface area contributed by atoms with Gasteiger partial charge in [0, 0.05) is 105 Å². The third kappa shape index (κ3) is 6.29. The van der Waals surface area contributed by atoms with Crippen LogP contribution in [0, 0.1) is 5.92 Å². The summed E-state index contributed by atoms with van der Waals surface area (Å²) in [5.41, 5.74) is 7.77. The topological polar surface area (TPSA) is 139 Å². The first kappa shape index (κ1) is 32.7. The lowest BCUT2D eigenvalue weighted by Crippen LogP contribution is -2.55. The van der Waals surface area contributed by atoms with Crippen LogP contribution in [0.5, 0.6) is 0 Å². The van der Waals surface area contributed by atoms with Crippen LogP contribution in [-0.4, -0.2) is 96.0 Å². The van der Waals surface area contributed by atoms with Gasteiger partial charge in [0.15, 0.2) is 5.82 Å². The number of nitrogens with one attached hydrogen (secondary N) is 4. The van der Waals surface area contributed by atoms with Crippen molar-refractivity contribution in [2.75, 3.05) is 67.5 Å². The Morgan fingerprint density at radius 1 is 0.885 bits per heavy atom. The van der Waals surface area contributed by atoms with Crippen LogP contribution in [0.25, 0.3) is 22.8 Å². The predicted octanol–water partition coefficient (Wildman–Crippen LogP) is 4.17. The summed E-state index contributed by atoms with van der Waals surface area (Å²) >= 11 is 0. The van der Waals surface area contributed by atoms with Crippen LogP contribution in [0.3, 0.4) is 0 Å². The van der Waals surface area contributed by atoms with E-state index in [1.807, 2.05) is 24.3 Å². The second-order valence-corrected chi connectivity index (χ2v) is 15.2. The van der Waals surface area contributed by atoms with Crippen LogP contribution in [0.15, 0.2) is 66.9 Å². The highest BCUT2D eigenvalue weighted by Gasteiger charge is 2.43. The Balaban J connectivity index is 0.771. The largest absolute Gasteiger partial charge is 0.374 e. The van der Waals surface area contributed by atoms with Gasteiger partial charge in [-0.3, -0.25) is 24.6 Å². The Hall–Kier alpha value is -5.23. The molecular formula is C40H45N9O3. The Kier molecular flexibility index (Phi) is 8.41. The van der Waals surface area contributed by atoms with E-state index < -0.39 is 0 Å². The number of benzene rings is 2. The number of hydrogen-bond acceptors (Lipinski definition) is 9. The highest BCUT2D eigenvalue weighted by molar-refractivity contribution is 6.01. The quantitative estimate of drug-likeness (QED) is 0.200. The summed E-state index contributed by atoms with van der Waals surface area (Å²) in [6.07, 6.45) is 7.27. The maximum Gasteiger partial charge on any atom is 0.253 e. The minimum Gasteiger partial charge on any atom is -0.374 e. The molecule has 52 heavy (non-hydrogen) atoms. The minimum absolute atomic E-state index is 0.00325. The Labute approximate surface area is 303 Å². The van der Waals surface area contributed by atoms with Crippen LogP contribution in [-0.2, 0) is 15.0 Å². The smallest absolute Gasteiger partial charge is 0.253 e. The van der Waals surface area contributed by atoms with Crippen molar-refractivity contribution >= 4 is 34.8 Å². The molecule has 1 atom stereocenters. The van der Waals surface area contributed by atoms with Gasteiger partial charge in [-0.1, -0.05) is 18.9 Å². The highest BCUT2D eigenvalue weighted by atomic mass is 16.2. The first-order chi connectivity index (χ1) is 25.4. The number of H-pyrrole nitrogens is 1. The van der Waals surface area contributed by atoms with E-state index in [-0.39, 0.29) is 29.2 Å². The van der Waals surface area contributed by atoms with E-state index in [0.717, 1.165) is 98.2 Å². The maximum absolute atomic E-state index is 12.7. The Morgan fingerprint density at radius 2 is 1.69 bits per heavy atom. The molecule has 0 radical (unpaired) electrons. The lowest BCUT2D eigenvalue weighted by molar-refractivity contribution is -0.133. The van der Waals surface area contributed by atoms with Gasteiger partial charge in [0.1, 0.15) is 6.04 Å². The Bertz CT molecular complexity index is 1990. The molecule has 4 aliphatic heterocycles. The Morgan fingerprint density at radius 3 is 2.48 bits per heavy atom. The number of carbonyl (C=O) groups excluding carboxylic acids is 3. The molecule has 5 aliphatic rings. The summed E-state index contributed by atoms with van der Waals surface area (Å²) in [7, 11) is 0. The fraction of sp³-hybridized carbons (Fsp3) is 0.425. The number of nitrogens with zero attached hydrogens (tertiary/aromatic N) is 5. The van der Waals surface area contributed by atoms with Gasteiger partial charge in [0.2, 0.25) is 11.8 Å². The molecule has 0 bridgehead atoms. The van der Waals surface area contributed by atoms with Crippen molar-refractivity contribution in [3.8, 4) is 22.8 Å².